The lowest BCUT2D eigenvalue weighted by atomic mass is 10.2. The minimum atomic E-state index is -0.284. The molecule has 0 unspecified atom stereocenters. The molecular weight excluding hydrogens is 286 g/mol. The van der Waals surface area contributed by atoms with Crippen LogP contribution in [0, 0.1) is 11.3 Å². The van der Waals surface area contributed by atoms with Gasteiger partial charge in [0.15, 0.2) is 6.61 Å². The highest BCUT2D eigenvalue weighted by Crippen LogP contribution is 2.22. The minimum Gasteiger partial charge on any atom is -0.484 e. The van der Waals surface area contributed by atoms with Gasteiger partial charge >= 0.3 is 0 Å². The Bertz CT molecular complexity index is 644. The van der Waals surface area contributed by atoms with Crippen LogP contribution < -0.4 is 15.4 Å². The molecule has 0 spiro atoms. The maximum atomic E-state index is 11.8. The molecule has 0 bridgehead atoms. The zero-order valence-electron chi connectivity index (χ0n) is 11.6. The average molecular weight is 301 g/mol. The molecule has 1 heterocycles. The van der Waals surface area contributed by atoms with Crippen LogP contribution in [-0.2, 0) is 11.3 Å². The largest absolute Gasteiger partial charge is 0.484 e. The number of hydrogen-bond acceptors (Lipinski definition) is 5. The van der Waals surface area contributed by atoms with Crippen LogP contribution in [0.2, 0.25) is 0 Å². The summed E-state index contributed by atoms with van der Waals surface area (Å²) in [5.74, 6) is 0.352. The van der Waals surface area contributed by atoms with Crippen LogP contribution in [-0.4, -0.2) is 19.6 Å². The molecule has 2 aromatic rings. The summed E-state index contributed by atoms with van der Waals surface area (Å²) in [7, 11) is 1.88. The third-order valence-corrected chi connectivity index (χ3v) is 3.54. The summed E-state index contributed by atoms with van der Waals surface area (Å²) in [5, 5.41) is 16.9. The Morgan fingerprint density at radius 2 is 2.10 bits per heavy atom. The van der Waals surface area contributed by atoms with E-state index in [1.54, 1.807) is 11.4 Å². The van der Waals surface area contributed by atoms with E-state index in [1.807, 2.05) is 37.4 Å². The number of rotatable bonds is 6. The molecule has 5 nitrogen and oxygen atoms in total. The third-order valence-electron chi connectivity index (χ3n) is 2.71. The lowest BCUT2D eigenvalue weighted by Gasteiger charge is -2.07. The molecule has 0 aliphatic rings. The highest BCUT2D eigenvalue weighted by atomic mass is 32.1. The van der Waals surface area contributed by atoms with Gasteiger partial charge in [0.2, 0.25) is 0 Å². The Kier molecular flexibility index (Phi) is 5.32. The van der Waals surface area contributed by atoms with Gasteiger partial charge in [0.1, 0.15) is 16.8 Å². The standard InChI is InChI=1S/C15H15N3O2S/c1-17-9-11-2-4-13(5-3-11)20-10-14(19)18-15-12(8-16)6-7-21-15/h2-7,17H,9-10H2,1H3,(H,18,19). The molecule has 0 aliphatic heterocycles. The summed E-state index contributed by atoms with van der Waals surface area (Å²) in [6.07, 6.45) is 0. The fourth-order valence-electron chi connectivity index (χ4n) is 1.71. The van der Waals surface area contributed by atoms with Crippen molar-refractivity contribution < 1.29 is 9.53 Å². The van der Waals surface area contributed by atoms with Gasteiger partial charge in [-0.15, -0.1) is 11.3 Å². The van der Waals surface area contributed by atoms with E-state index in [0.717, 1.165) is 12.1 Å². The van der Waals surface area contributed by atoms with Gasteiger partial charge in [0.05, 0.1) is 5.56 Å². The second kappa shape index (κ2) is 7.43. The lowest BCUT2D eigenvalue weighted by Crippen LogP contribution is -2.20. The quantitative estimate of drug-likeness (QED) is 0.859. The van der Waals surface area contributed by atoms with Crippen LogP contribution in [0.3, 0.4) is 0 Å². The van der Waals surface area contributed by atoms with E-state index in [0.29, 0.717) is 16.3 Å². The zero-order valence-corrected chi connectivity index (χ0v) is 12.4. The van der Waals surface area contributed by atoms with E-state index >= 15 is 0 Å². The van der Waals surface area contributed by atoms with Gasteiger partial charge in [-0.2, -0.15) is 5.26 Å². The van der Waals surface area contributed by atoms with Gasteiger partial charge < -0.3 is 15.4 Å². The van der Waals surface area contributed by atoms with Crippen LogP contribution in [0.25, 0.3) is 0 Å². The number of amides is 1. The Labute approximate surface area is 127 Å². The van der Waals surface area contributed by atoms with Crippen molar-refractivity contribution in [1.82, 2.24) is 5.32 Å². The molecule has 108 valence electrons. The Hall–Kier alpha value is -2.36. The van der Waals surface area contributed by atoms with E-state index in [1.165, 1.54) is 11.3 Å². The second-order valence-corrected chi connectivity index (χ2v) is 5.20. The first-order chi connectivity index (χ1) is 10.2. The maximum Gasteiger partial charge on any atom is 0.262 e. The first-order valence-electron chi connectivity index (χ1n) is 6.36. The summed E-state index contributed by atoms with van der Waals surface area (Å²) in [5.41, 5.74) is 1.61. The molecule has 1 aromatic carbocycles. The predicted octanol–water partition coefficient (Wildman–Crippen LogP) is 2.36. The van der Waals surface area contributed by atoms with Crippen molar-refractivity contribution in [3.63, 3.8) is 0 Å². The van der Waals surface area contributed by atoms with Crippen molar-refractivity contribution in [2.24, 2.45) is 0 Å². The molecule has 0 saturated heterocycles. The normalized spacial score (nSPS) is 9.90. The Morgan fingerprint density at radius 3 is 2.76 bits per heavy atom. The fraction of sp³-hybridized carbons (Fsp3) is 0.200. The van der Waals surface area contributed by atoms with Crippen molar-refractivity contribution in [3.8, 4) is 11.8 Å². The monoisotopic (exact) mass is 301 g/mol. The van der Waals surface area contributed by atoms with Gasteiger partial charge in [-0.3, -0.25) is 4.79 Å². The summed E-state index contributed by atoms with van der Waals surface area (Å²) in [6.45, 7) is 0.699. The number of benzene rings is 1. The molecule has 0 atom stereocenters. The van der Waals surface area contributed by atoms with E-state index in [2.05, 4.69) is 10.6 Å². The van der Waals surface area contributed by atoms with Crippen LogP contribution in [0.4, 0.5) is 5.00 Å². The molecule has 0 radical (unpaired) electrons. The van der Waals surface area contributed by atoms with E-state index < -0.39 is 0 Å². The van der Waals surface area contributed by atoms with E-state index in [9.17, 15) is 4.79 Å². The van der Waals surface area contributed by atoms with Crippen molar-refractivity contribution in [3.05, 3.63) is 46.8 Å². The average Bonchev–Trinajstić information content (AvgIpc) is 2.94. The van der Waals surface area contributed by atoms with Crippen LogP contribution in [0.15, 0.2) is 35.7 Å². The van der Waals surface area contributed by atoms with E-state index in [-0.39, 0.29) is 12.5 Å². The molecule has 0 saturated carbocycles. The minimum absolute atomic E-state index is 0.0891. The summed E-state index contributed by atoms with van der Waals surface area (Å²) < 4.78 is 5.41. The number of nitrogens with zero attached hydrogens (tertiary/aromatic N) is 1. The number of nitrogens with one attached hydrogen (secondary N) is 2. The van der Waals surface area contributed by atoms with Crippen molar-refractivity contribution in [1.29, 1.82) is 5.26 Å². The smallest absolute Gasteiger partial charge is 0.262 e. The molecule has 0 aliphatic carbocycles. The van der Waals surface area contributed by atoms with Gasteiger partial charge in [-0.1, -0.05) is 12.1 Å². The molecule has 21 heavy (non-hydrogen) atoms. The second-order valence-electron chi connectivity index (χ2n) is 4.29. The number of hydrogen-bond donors (Lipinski definition) is 2. The first-order valence-corrected chi connectivity index (χ1v) is 7.24. The molecule has 6 heteroatoms. The lowest BCUT2D eigenvalue weighted by molar-refractivity contribution is -0.118. The number of thiophene rings is 1. The zero-order chi connectivity index (χ0) is 15.1. The van der Waals surface area contributed by atoms with Crippen molar-refractivity contribution in [2.45, 2.75) is 6.54 Å². The maximum absolute atomic E-state index is 11.8. The number of carbonyl (C=O) groups excluding carboxylic acids is 1. The van der Waals surface area contributed by atoms with E-state index in [4.69, 9.17) is 10.00 Å². The fourth-order valence-corrected chi connectivity index (χ4v) is 2.47. The van der Waals surface area contributed by atoms with Gasteiger partial charge in [0, 0.05) is 6.54 Å². The SMILES string of the molecule is CNCc1ccc(OCC(=O)Nc2sccc2C#N)cc1. The Balaban J connectivity index is 1.85. The molecule has 1 amide bonds. The number of nitriles is 1. The topological polar surface area (TPSA) is 74.2 Å². The Morgan fingerprint density at radius 1 is 1.33 bits per heavy atom. The predicted molar refractivity (Wildman–Crippen MR) is 82.4 cm³/mol. The number of ether oxygens (including phenoxy) is 1. The number of anilines is 1. The highest BCUT2D eigenvalue weighted by Gasteiger charge is 2.08. The molecule has 1 aromatic heterocycles. The summed E-state index contributed by atoms with van der Waals surface area (Å²) in [4.78, 5) is 11.8. The first kappa shape index (κ1) is 15.0. The van der Waals surface area contributed by atoms with Gasteiger partial charge in [-0.25, -0.2) is 0 Å². The molecular formula is C15H15N3O2S. The molecule has 2 N–H and O–H groups in total. The summed E-state index contributed by atoms with van der Waals surface area (Å²) >= 11 is 1.31. The molecule has 2 rings (SSSR count). The van der Waals surface area contributed by atoms with Crippen molar-refractivity contribution in [2.75, 3.05) is 19.0 Å². The van der Waals surface area contributed by atoms with Gasteiger partial charge in [-0.05, 0) is 36.2 Å². The van der Waals surface area contributed by atoms with Gasteiger partial charge in [0.25, 0.3) is 5.91 Å². The van der Waals surface area contributed by atoms with Crippen LogP contribution in [0.1, 0.15) is 11.1 Å². The van der Waals surface area contributed by atoms with Crippen LogP contribution >= 0.6 is 11.3 Å². The third kappa shape index (κ3) is 4.31. The number of carbonyl (C=O) groups is 1. The highest BCUT2D eigenvalue weighted by molar-refractivity contribution is 7.14. The molecule has 0 fully saturated rings. The van der Waals surface area contributed by atoms with Crippen molar-refractivity contribution >= 4 is 22.2 Å². The van der Waals surface area contributed by atoms with Crippen LogP contribution in [0.5, 0.6) is 5.75 Å². The summed E-state index contributed by atoms with van der Waals surface area (Å²) in [6, 6.07) is 11.2.